The van der Waals surface area contributed by atoms with Crippen molar-refractivity contribution in [1.82, 2.24) is 5.32 Å². The standard InChI is InChI=1S/C24H20BrN3O5/c1-15-6-9-18(10-7-15)26-24(30)21(13-16-4-3-5-19(12-16)28(31)32)27-23(29)20-14-17(25)8-11-22(20)33-2/h3-14H,1-2H3,(H,26,30)(H,27,29)/b21-13-. The number of benzene rings is 3. The quantitative estimate of drug-likeness (QED) is 0.262. The first-order valence-corrected chi connectivity index (χ1v) is 10.5. The summed E-state index contributed by atoms with van der Waals surface area (Å²) in [6.07, 6.45) is 1.37. The van der Waals surface area contributed by atoms with E-state index in [-0.39, 0.29) is 16.9 Å². The van der Waals surface area contributed by atoms with Crippen molar-refractivity contribution in [1.29, 1.82) is 0 Å². The highest BCUT2D eigenvalue weighted by molar-refractivity contribution is 9.10. The zero-order chi connectivity index (χ0) is 24.0. The molecule has 33 heavy (non-hydrogen) atoms. The number of rotatable bonds is 7. The van der Waals surface area contributed by atoms with Gasteiger partial charge in [-0.1, -0.05) is 45.8 Å². The molecule has 168 valence electrons. The lowest BCUT2D eigenvalue weighted by Gasteiger charge is -2.13. The van der Waals surface area contributed by atoms with Gasteiger partial charge >= 0.3 is 0 Å². The molecule has 9 heteroatoms. The first-order chi connectivity index (χ1) is 15.8. The minimum Gasteiger partial charge on any atom is -0.496 e. The number of methoxy groups -OCH3 is 1. The van der Waals surface area contributed by atoms with Gasteiger partial charge in [-0.3, -0.25) is 19.7 Å². The summed E-state index contributed by atoms with van der Waals surface area (Å²) < 4.78 is 5.91. The van der Waals surface area contributed by atoms with E-state index in [4.69, 9.17) is 4.74 Å². The topological polar surface area (TPSA) is 111 Å². The Morgan fingerprint density at radius 1 is 1.06 bits per heavy atom. The third-order valence-electron chi connectivity index (χ3n) is 4.60. The molecule has 0 aromatic heterocycles. The van der Waals surface area contributed by atoms with E-state index in [1.807, 2.05) is 19.1 Å². The molecule has 0 spiro atoms. The molecule has 0 unspecified atom stereocenters. The normalized spacial score (nSPS) is 10.9. The molecule has 0 aliphatic carbocycles. The molecule has 0 heterocycles. The maximum atomic E-state index is 13.0. The minimum absolute atomic E-state index is 0.0944. The van der Waals surface area contributed by atoms with Crippen molar-refractivity contribution in [2.75, 3.05) is 12.4 Å². The summed E-state index contributed by atoms with van der Waals surface area (Å²) in [5.74, 6) is -0.846. The maximum Gasteiger partial charge on any atom is 0.272 e. The highest BCUT2D eigenvalue weighted by Crippen LogP contribution is 2.24. The van der Waals surface area contributed by atoms with Crippen LogP contribution in [0.2, 0.25) is 0 Å². The van der Waals surface area contributed by atoms with Gasteiger partial charge in [0.05, 0.1) is 17.6 Å². The Morgan fingerprint density at radius 2 is 1.79 bits per heavy atom. The van der Waals surface area contributed by atoms with Gasteiger partial charge in [-0.2, -0.15) is 0 Å². The molecule has 0 aliphatic rings. The Bertz CT molecular complexity index is 1240. The minimum atomic E-state index is -0.590. The Hall–Kier alpha value is -3.98. The summed E-state index contributed by atoms with van der Waals surface area (Å²) in [5, 5.41) is 16.5. The van der Waals surface area contributed by atoms with Gasteiger partial charge in [0.2, 0.25) is 0 Å². The van der Waals surface area contributed by atoms with E-state index < -0.39 is 16.7 Å². The molecular weight excluding hydrogens is 490 g/mol. The lowest BCUT2D eigenvalue weighted by Crippen LogP contribution is -2.31. The van der Waals surface area contributed by atoms with Crippen LogP contribution in [0.1, 0.15) is 21.5 Å². The van der Waals surface area contributed by atoms with Gasteiger partial charge in [0, 0.05) is 22.3 Å². The smallest absolute Gasteiger partial charge is 0.272 e. The summed E-state index contributed by atoms with van der Waals surface area (Å²) in [5.41, 5.74) is 1.91. The molecule has 2 N–H and O–H groups in total. The Morgan fingerprint density at radius 3 is 2.45 bits per heavy atom. The van der Waals surface area contributed by atoms with Crippen molar-refractivity contribution in [3.05, 3.63) is 104 Å². The average Bonchev–Trinajstić information content (AvgIpc) is 2.80. The molecule has 0 aliphatic heterocycles. The van der Waals surface area contributed by atoms with Crippen LogP contribution in [0.3, 0.4) is 0 Å². The number of ether oxygens (including phenoxy) is 1. The molecule has 3 aromatic rings. The molecule has 2 amide bonds. The van der Waals surface area contributed by atoms with Crippen molar-refractivity contribution in [2.24, 2.45) is 0 Å². The second-order valence-electron chi connectivity index (χ2n) is 7.03. The van der Waals surface area contributed by atoms with Gasteiger partial charge in [-0.25, -0.2) is 0 Å². The monoisotopic (exact) mass is 509 g/mol. The molecule has 3 aromatic carbocycles. The Labute approximate surface area is 198 Å². The molecule has 0 saturated heterocycles. The number of non-ortho nitro benzene ring substituents is 1. The molecule has 0 saturated carbocycles. The largest absolute Gasteiger partial charge is 0.496 e. The number of amides is 2. The lowest BCUT2D eigenvalue weighted by molar-refractivity contribution is -0.384. The molecule has 0 atom stereocenters. The van der Waals surface area contributed by atoms with E-state index in [0.717, 1.165) is 5.56 Å². The van der Waals surface area contributed by atoms with Crippen molar-refractivity contribution in [2.45, 2.75) is 6.92 Å². The number of hydrogen-bond acceptors (Lipinski definition) is 5. The summed E-state index contributed by atoms with van der Waals surface area (Å²) in [6.45, 7) is 1.92. The third-order valence-corrected chi connectivity index (χ3v) is 5.09. The zero-order valence-corrected chi connectivity index (χ0v) is 19.4. The highest BCUT2D eigenvalue weighted by atomic mass is 79.9. The van der Waals surface area contributed by atoms with Crippen LogP contribution in [0.4, 0.5) is 11.4 Å². The summed E-state index contributed by atoms with van der Waals surface area (Å²) in [4.78, 5) is 36.6. The molecule has 8 nitrogen and oxygen atoms in total. The van der Waals surface area contributed by atoms with Crippen LogP contribution in [0, 0.1) is 17.0 Å². The number of carbonyl (C=O) groups excluding carboxylic acids is 2. The van der Waals surface area contributed by atoms with Crippen molar-refractivity contribution in [3.63, 3.8) is 0 Å². The second-order valence-corrected chi connectivity index (χ2v) is 7.94. The van der Waals surface area contributed by atoms with Gasteiger partial charge in [0.15, 0.2) is 0 Å². The molecule has 0 bridgehead atoms. The van der Waals surface area contributed by atoms with Gasteiger partial charge < -0.3 is 15.4 Å². The number of anilines is 1. The average molecular weight is 510 g/mol. The fourth-order valence-corrected chi connectivity index (χ4v) is 3.30. The van der Waals surface area contributed by atoms with Crippen molar-refractivity contribution in [3.8, 4) is 5.75 Å². The van der Waals surface area contributed by atoms with Crippen molar-refractivity contribution >= 4 is 45.2 Å². The fourth-order valence-electron chi connectivity index (χ4n) is 2.94. The van der Waals surface area contributed by atoms with E-state index in [0.29, 0.717) is 21.5 Å². The van der Waals surface area contributed by atoms with E-state index in [1.54, 1.807) is 36.4 Å². The highest BCUT2D eigenvalue weighted by Gasteiger charge is 2.19. The molecule has 3 rings (SSSR count). The van der Waals surface area contributed by atoms with Crippen molar-refractivity contribution < 1.29 is 19.2 Å². The number of nitro groups is 1. The van der Waals surface area contributed by atoms with Crippen LogP contribution in [0.5, 0.6) is 5.75 Å². The number of nitrogens with one attached hydrogen (secondary N) is 2. The number of hydrogen-bond donors (Lipinski definition) is 2. The first-order valence-electron chi connectivity index (χ1n) is 9.76. The zero-order valence-electron chi connectivity index (χ0n) is 17.8. The maximum absolute atomic E-state index is 13.0. The SMILES string of the molecule is COc1ccc(Br)cc1C(=O)N/C(=C\c1cccc([N+](=O)[O-])c1)C(=O)Nc1ccc(C)cc1. The van der Waals surface area contributed by atoms with E-state index in [9.17, 15) is 19.7 Å². The molecule has 0 radical (unpaired) electrons. The molecular formula is C24H20BrN3O5. The number of halogens is 1. The second kappa shape index (κ2) is 10.6. The van der Waals surface area contributed by atoms with Crippen LogP contribution in [-0.4, -0.2) is 23.8 Å². The Balaban J connectivity index is 1.97. The van der Waals surface area contributed by atoms with Gasteiger partial charge in [0.25, 0.3) is 17.5 Å². The number of carbonyl (C=O) groups is 2. The van der Waals surface area contributed by atoms with Crippen LogP contribution in [-0.2, 0) is 4.79 Å². The summed E-state index contributed by atoms with van der Waals surface area (Å²) in [6, 6.07) is 17.8. The van der Waals surface area contributed by atoms with Gasteiger partial charge in [-0.15, -0.1) is 0 Å². The van der Waals surface area contributed by atoms with Gasteiger partial charge in [0.1, 0.15) is 11.4 Å². The van der Waals surface area contributed by atoms with Crippen LogP contribution in [0.15, 0.2) is 76.9 Å². The van der Waals surface area contributed by atoms with E-state index >= 15 is 0 Å². The van der Waals surface area contributed by atoms with Gasteiger partial charge in [-0.05, 0) is 48.9 Å². The van der Waals surface area contributed by atoms with E-state index in [2.05, 4.69) is 26.6 Å². The third kappa shape index (κ3) is 6.27. The summed E-state index contributed by atoms with van der Waals surface area (Å²) in [7, 11) is 1.43. The Kier molecular flexibility index (Phi) is 7.57. The number of nitro benzene ring substituents is 1. The predicted octanol–water partition coefficient (Wildman–Crippen LogP) is 5.08. The lowest BCUT2D eigenvalue weighted by atomic mass is 10.1. The number of nitrogens with zero attached hydrogens (tertiary/aromatic N) is 1. The fraction of sp³-hybridized carbons (Fsp3) is 0.0833. The van der Waals surface area contributed by atoms with E-state index in [1.165, 1.54) is 31.4 Å². The van der Waals surface area contributed by atoms with Crippen LogP contribution in [0.25, 0.3) is 6.08 Å². The number of aryl methyl sites for hydroxylation is 1. The van der Waals surface area contributed by atoms with Crippen LogP contribution >= 0.6 is 15.9 Å². The predicted molar refractivity (Wildman–Crippen MR) is 129 cm³/mol. The first kappa shape index (κ1) is 23.7. The summed E-state index contributed by atoms with van der Waals surface area (Å²) >= 11 is 3.32. The molecule has 0 fully saturated rings. The van der Waals surface area contributed by atoms with Crippen LogP contribution < -0.4 is 15.4 Å².